The number of carbonyl (C=O) groups excluding carboxylic acids is 2. The van der Waals surface area contributed by atoms with Gasteiger partial charge < -0.3 is 9.84 Å². The van der Waals surface area contributed by atoms with Gasteiger partial charge in [-0.2, -0.15) is 0 Å². The number of hydrogen-bond acceptors (Lipinski definition) is 4. The van der Waals surface area contributed by atoms with Crippen molar-refractivity contribution in [3.63, 3.8) is 0 Å². The highest BCUT2D eigenvalue weighted by atomic mass is 16.5. The van der Waals surface area contributed by atoms with Gasteiger partial charge in [-0.1, -0.05) is 32.4 Å². The van der Waals surface area contributed by atoms with Crippen LogP contribution in [0.4, 0.5) is 0 Å². The number of fused-ring (bicyclic) bond motifs is 6. The fourth-order valence-corrected chi connectivity index (χ4v) is 7.74. The van der Waals surface area contributed by atoms with Gasteiger partial charge in [0.1, 0.15) is 12.2 Å². The van der Waals surface area contributed by atoms with Gasteiger partial charge in [-0.25, -0.2) is 0 Å². The molecular formula is C22H28O4. The Morgan fingerprint density at radius 1 is 1.27 bits per heavy atom. The molecule has 8 atom stereocenters. The largest absolute Gasteiger partial charge is 0.393 e. The molecule has 1 saturated heterocycles. The minimum Gasteiger partial charge on any atom is -0.393 e. The highest BCUT2D eigenvalue weighted by Gasteiger charge is 2.72. The SMILES string of the molecule is C[C@@H]1C[C@@H]2[C@H]([C@@H](O)C[C@@]3(C)[C@H]2CC[C@]32OCC2=O)[C@@]2(C)C=CC(=O)C=C12. The van der Waals surface area contributed by atoms with Crippen LogP contribution in [0.3, 0.4) is 0 Å². The fourth-order valence-electron chi connectivity index (χ4n) is 7.74. The van der Waals surface area contributed by atoms with E-state index >= 15 is 0 Å². The summed E-state index contributed by atoms with van der Waals surface area (Å²) in [6, 6.07) is 0. The first-order chi connectivity index (χ1) is 12.2. The molecule has 1 heterocycles. The second kappa shape index (κ2) is 4.96. The van der Waals surface area contributed by atoms with Crippen LogP contribution in [-0.4, -0.2) is 35.0 Å². The lowest BCUT2D eigenvalue weighted by Gasteiger charge is -2.62. The van der Waals surface area contributed by atoms with Crippen LogP contribution in [0, 0.1) is 34.5 Å². The van der Waals surface area contributed by atoms with Gasteiger partial charge in [-0.3, -0.25) is 9.59 Å². The van der Waals surface area contributed by atoms with Crippen molar-refractivity contribution in [1.29, 1.82) is 0 Å². The average molecular weight is 356 g/mol. The molecule has 1 N–H and O–H groups in total. The predicted molar refractivity (Wildman–Crippen MR) is 96.2 cm³/mol. The molecule has 5 aliphatic rings. The van der Waals surface area contributed by atoms with Crippen molar-refractivity contribution in [1.82, 2.24) is 0 Å². The molecule has 0 aromatic heterocycles. The molecule has 1 aliphatic heterocycles. The zero-order valence-corrected chi connectivity index (χ0v) is 15.8. The van der Waals surface area contributed by atoms with Crippen LogP contribution < -0.4 is 0 Å². The van der Waals surface area contributed by atoms with Crippen LogP contribution in [0.5, 0.6) is 0 Å². The first-order valence-electron chi connectivity index (χ1n) is 10.0. The number of ketones is 2. The first-order valence-corrected chi connectivity index (χ1v) is 10.0. The Kier molecular flexibility index (Phi) is 3.22. The van der Waals surface area contributed by atoms with Crippen molar-refractivity contribution < 1.29 is 19.4 Å². The molecule has 0 aromatic rings. The van der Waals surface area contributed by atoms with Gasteiger partial charge in [-0.05, 0) is 55.6 Å². The number of aliphatic hydroxyl groups excluding tert-OH is 1. The molecule has 4 aliphatic carbocycles. The molecule has 26 heavy (non-hydrogen) atoms. The lowest BCUT2D eigenvalue weighted by atomic mass is 9.44. The van der Waals surface area contributed by atoms with E-state index in [0.717, 1.165) is 19.3 Å². The summed E-state index contributed by atoms with van der Waals surface area (Å²) in [5, 5.41) is 11.3. The Morgan fingerprint density at radius 3 is 2.69 bits per heavy atom. The van der Waals surface area contributed by atoms with Crippen LogP contribution in [-0.2, 0) is 14.3 Å². The van der Waals surface area contributed by atoms with Crippen LogP contribution in [0.2, 0.25) is 0 Å². The highest BCUT2D eigenvalue weighted by Crippen LogP contribution is 2.69. The van der Waals surface area contributed by atoms with Gasteiger partial charge in [0, 0.05) is 16.7 Å². The van der Waals surface area contributed by atoms with Crippen molar-refractivity contribution in [2.75, 3.05) is 6.61 Å². The molecule has 1 spiro atoms. The topological polar surface area (TPSA) is 63.6 Å². The Balaban J connectivity index is 1.59. The molecule has 0 radical (unpaired) electrons. The minimum absolute atomic E-state index is 0.0613. The van der Waals surface area contributed by atoms with E-state index in [2.05, 4.69) is 20.8 Å². The molecule has 0 aromatic carbocycles. The average Bonchev–Trinajstić information content (AvgIpc) is 2.89. The van der Waals surface area contributed by atoms with Crippen molar-refractivity contribution >= 4 is 11.6 Å². The maximum atomic E-state index is 12.5. The Hall–Kier alpha value is -1.26. The van der Waals surface area contributed by atoms with Crippen molar-refractivity contribution in [3.05, 3.63) is 23.8 Å². The predicted octanol–water partition coefficient (Wildman–Crippen LogP) is 2.85. The van der Waals surface area contributed by atoms with E-state index in [9.17, 15) is 14.7 Å². The summed E-state index contributed by atoms with van der Waals surface area (Å²) >= 11 is 0. The van der Waals surface area contributed by atoms with Gasteiger partial charge in [-0.15, -0.1) is 0 Å². The number of aliphatic hydroxyl groups is 1. The summed E-state index contributed by atoms with van der Waals surface area (Å²) in [6.45, 7) is 6.82. The third kappa shape index (κ3) is 1.73. The first kappa shape index (κ1) is 16.9. The van der Waals surface area contributed by atoms with Crippen LogP contribution in [0.15, 0.2) is 23.8 Å². The van der Waals surface area contributed by atoms with Crippen LogP contribution in [0.25, 0.3) is 0 Å². The fraction of sp³-hybridized carbons (Fsp3) is 0.727. The van der Waals surface area contributed by atoms with Crippen molar-refractivity contribution in [2.24, 2.45) is 34.5 Å². The van der Waals surface area contributed by atoms with E-state index in [0.29, 0.717) is 24.2 Å². The van der Waals surface area contributed by atoms with E-state index in [-0.39, 0.29) is 34.9 Å². The van der Waals surface area contributed by atoms with E-state index in [4.69, 9.17) is 4.74 Å². The minimum atomic E-state index is -0.651. The summed E-state index contributed by atoms with van der Waals surface area (Å²) in [7, 11) is 0. The van der Waals surface area contributed by atoms with Gasteiger partial charge >= 0.3 is 0 Å². The molecule has 0 amide bonds. The molecule has 4 nitrogen and oxygen atoms in total. The second-order valence-electron chi connectivity index (χ2n) is 9.82. The van der Waals surface area contributed by atoms with Gasteiger partial charge in [0.05, 0.1) is 6.10 Å². The van der Waals surface area contributed by atoms with E-state index < -0.39 is 11.7 Å². The molecule has 0 bridgehead atoms. The summed E-state index contributed by atoms with van der Waals surface area (Å²) in [5.74, 6) is 1.47. The monoisotopic (exact) mass is 356 g/mol. The lowest BCUT2D eigenvalue weighted by molar-refractivity contribution is -0.225. The number of Topliss-reactive ketones (excluding diaryl/α,β-unsaturated/α-hetero) is 1. The maximum absolute atomic E-state index is 12.5. The summed E-state index contributed by atoms with van der Waals surface area (Å²) in [5.41, 5.74) is -0.00831. The van der Waals surface area contributed by atoms with Gasteiger partial charge in [0.25, 0.3) is 0 Å². The van der Waals surface area contributed by atoms with Crippen molar-refractivity contribution in [2.45, 2.75) is 58.2 Å². The molecule has 4 fully saturated rings. The Labute approximate surface area is 154 Å². The quantitative estimate of drug-likeness (QED) is 0.725. The van der Waals surface area contributed by atoms with E-state index in [1.165, 1.54) is 5.57 Å². The molecule has 0 unspecified atom stereocenters. The van der Waals surface area contributed by atoms with Crippen LogP contribution >= 0.6 is 0 Å². The third-order valence-electron chi connectivity index (χ3n) is 8.84. The van der Waals surface area contributed by atoms with Gasteiger partial charge in [0.15, 0.2) is 11.6 Å². The van der Waals surface area contributed by atoms with Gasteiger partial charge in [0.2, 0.25) is 0 Å². The third-order valence-corrected chi connectivity index (χ3v) is 8.84. The maximum Gasteiger partial charge on any atom is 0.190 e. The summed E-state index contributed by atoms with van der Waals surface area (Å²) < 4.78 is 5.93. The number of ether oxygens (including phenoxy) is 1. The summed E-state index contributed by atoms with van der Waals surface area (Å²) in [4.78, 5) is 24.5. The van der Waals surface area contributed by atoms with E-state index in [1.807, 2.05) is 6.08 Å². The number of hydrogen-bond donors (Lipinski definition) is 1. The lowest BCUT2D eigenvalue weighted by Crippen LogP contribution is -2.67. The summed E-state index contributed by atoms with van der Waals surface area (Å²) in [6.07, 6.45) is 8.43. The zero-order valence-electron chi connectivity index (χ0n) is 15.8. The molecular weight excluding hydrogens is 328 g/mol. The Bertz CT molecular complexity index is 766. The number of carbonyl (C=O) groups is 2. The highest BCUT2D eigenvalue weighted by molar-refractivity contribution is 6.01. The molecule has 4 heteroatoms. The number of rotatable bonds is 0. The van der Waals surface area contributed by atoms with E-state index in [1.54, 1.807) is 12.2 Å². The van der Waals surface area contributed by atoms with Crippen LogP contribution in [0.1, 0.15) is 46.5 Å². The van der Waals surface area contributed by atoms with Crippen molar-refractivity contribution in [3.8, 4) is 0 Å². The molecule has 5 rings (SSSR count). The number of allylic oxidation sites excluding steroid dienone is 4. The molecule has 140 valence electrons. The smallest absolute Gasteiger partial charge is 0.190 e. The molecule has 3 saturated carbocycles. The second-order valence-corrected chi connectivity index (χ2v) is 9.82. The zero-order chi connectivity index (χ0) is 18.5. The normalized spacial score (nSPS) is 55.1. The Morgan fingerprint density at radius 2 is 2.04 bits per heavy atom. The standard InChI is InChI=1S/C22H28O4/c1-12-8-14-15-5-7-22(18(25)11-26-22)21(15,3)10-17(24)19(14)20(2)6-4-13(23)9-16(12)20/h4,6,9,12,14-15,17,19,24H,5,7-8,10-11H2,1-3H3/t12-,14+,15+,17+,19-,20+,21+,22-/m1/s1.